The van der Waals surface area contributed by atoms with Gasteiger partial charge in [-0.05, 0) is 51.0 Å². The van der Waals surface area contributed by atoms with Crippen LogP contribution in [0.1, 0.15) is 42.6 Å². The maximum Gasteiger partial charge on any atom is 0.259 e. The molecule has 1 aliphatic heterocycles. The summed E-state index contributed by atoms with van der Waals surface area (Å²) < 4.78 is 14.8. The lowest BCUT2D eigenvalue weighted by Crippen LogP contribution is -2.39. The third kappa shape index (κ3) is 4.62. The zero-order valence-corrected chi connectivity index (χ0v) is 16.1. The molecule has 0 aliphatic carbocycles. The normalized spacial score (nSPS) is 15.1. The number of hydrazone groups is 1. The van der Waals surface area contributed by atoms with Crippen LogP contribution < -0.4 is 5.43 Å². The first kappa shape index (κ1) is 19.7. The lowest BCUT2D eigenvalue weighted by Gasteiger charge is -2.18. The molecule has 1 fully saturated rings. The molecule has 148 valence electrons. The lowest BCUT2D eigenvalue weighted by molar-refractivity contribution is -0.135. The molecule has 1 aromatic heterocycles. The van der Waals surface area contributed by atoms with Crippen LogP contribution in [0.2, 0.25) is 0 Å². The number of rotatable bonds is 5. The Bertz CT molecular complexity index is 889. The van der Waals surface area contributed by atoms with Crippen LogP contribution in [0.3, 0.4) is 0 Å². The molecule has 2 amide bonds. The van der Waals surface area contributed by atoms with Gasteiger partial charge in [0.2, 0.25) is 5.91 Å². The first-order valence-electron chi connectivity index (χ1n) is 9.37. The maximum absolute atomic E-state index is 13.1. The Morgan fingerprint density at radius 3 is 2.75 bits per heavy atom. The Morgan fingerprint density at radius 1 is 1.25 bits per heavy atom. The number of likely N-dealkylation sites (tertiary alicyclic amines) is 1. The summed E-state index contributed by atoms with van der Waals surface area (Å²) in [5.74, 6) is -0.616. The summed E-state index contributed by atoms with van der Waals surface area (Å²) in [5.41, 5.74) is 5.56. The second kappa shape index (κ2) is 8.77. The van der Waals surface area contributed by atoms with E-state index in [1.54, 1.807) is 27.9 Å². The lowest BCUT2D eigenvalue weighted by atomic mass is 10.2. The van der Waals surface area contributed by atoms with Gasteiger partial charge in [-0.15, -0.1) is 0 Å². The Hall–Kier alpha value is -3.03. The van der Waals surface area contributed by atoms with Crippen molar-refractivity contribution < 1.29 is 14.0 Å². The highest BCUT2D eigenvalue weighted by Crippen LogP contribution is 2.17. The number of benzene rings is 1. The van der Waals surface area contributed by atoms with Crippen LogP contribution >= 0.6 is 0 Å². The first-order chi connectivity index (χ1) is 13.5. The summed E-state index contributed by atoms with van der Waals surface area (Å²) in [4.78, 5) is 25.7. The van der Waals surface area contributed by atoms with Crippen molar-refractivity contribution >= 4 is 18.0 Å². The number of aryl methyl sites for hydroxylation is 1. The van der Waals surface area contributed by atoms with Crippen molar-refractivity contribution in [1.29, 1.82) is 0 Å². The predicted octanol–water partition coefficient (Wildman–Crippen LogP) is 2.48. The molecular formula is C20H24FN5O2. The molecule has 0 unspecified atom stereocenters. The number of hydrogen-bond donors (Lipinski definition) is 1. The quantitative estimate of drug-likeness (QED) is 0.634. The predicted molar refractivity (Wildman–Crippen MR) is 104 cm³/mol. The van der Waals surface area contributed by atoms with Gasteiger partial charge >= 0.3 is 0 Å². The number of hydrogen-bond acceptors (Lipinski definition) is 4. The molecule has 1 N–H and O–H groups in total. The van der Waals surface area contributed by atoms with Gasteiger partial charge in [0.05, 0.1) is 23.3 Å². The van der Waals surface area contributed by atoms with Crippen LogP contribution in [0.25, 0.3) is 5.69 Å². The van der Waals surface area contributed by atoms with Gasteiger partial charge in [-0.3, -0.25) is 9.59 Å². The second-order valence-electron chi connectivity index (χ2n) is 6.89. The molecule has 0 spiro atoms. The van der Waals surface area contributed by atoms with Crippen molar-refractivity contribution in [3.8, 4) is 5.69 Å². The van der Waals surface area contributed by atoms with Crippen LogP contribution in [0.15, 0.2) is 29.4 Å². The Kier molecular flexibility index (Phi) is 6.18. The number of halogens is 1. The van der Waals surface area contributed by atoms with Crippen molar-refractivity contribution in [2.75, 3.05) is 13.1 Å². The zero-order valence-electron chi connectivity index (χ0n) is 16.1. The van der Waals surface area contributed by atoms with E-state index in [1.165, 1.54) is 12.1 Å². The topological polar surface area (TPSA) is 79.6 Å². The van der Waals surface area contributed by atoms with Gasteiger partial charge in [-0.1, -0.05) is 6.42 Å². The smallest absolute Gasteiger partial charge is 0.259 e. The minimum absolute atomic E-state index is 0.0168. The number of amides is 2. The summed E-state index contributed by atoms with van der Waals surface area (Å²) >= 11 is 0. The molecule has 28 heavy (non-hydrogen) atoms. The van der Waals surface area contributed by atoms with Crippen LogP contribution in [0, 0.1) is 19.7 Å². The molecule has 0 saturated carbocycles. The molecule has 1 saturated heterocycles. The maximum atomic E-state index is 13.1. The fraction of sp³-hybridized carbons (Fsp3) is 0.400. The van der Waals surface area contributed by atoms with Crippen LogP contribution in [-0.2, 0) is 9.59 Å². The summed E-state index contributed by atoms with van der Waals surface area (Å²) in [7, 11) is 0. The number of nitrogens with zero attached hydrogens (tertiary/aromatic N) is 4. The van der Waals surface area contributed by atoms with E-state index in [4.69, 9.17) is 0 Å². The average molecular weight is 385 g/mol. The van der Waals surface area contributed by atoms with Gasteiger partial charge in [-0.2, -0.15) is 10.2 Å². The molecule has 2 heterocycles. The van der Waals surface area contributed by atoms with Crippen molar-refractivity contribution in [3.05, 3.63) is 47.0 Å². The van der Waals surface area contributed by atoms with E-state index in [-0.39, 0.29) is 24.2 Å². The Labute approximate surface area is 163 Å². The highest BCUT2D eigenvalue weighted by atomic mass is 19.1. The van der Waals surface area contributed by atoms with E-state index in [0.29, 0.717) is 13.0 Å². The molecule has 2 aromatic rings. The second-order valence-corrected chi connectivity index (χ2v) is 6.89. The van der Waals surface area contributed by atoms with Gasteiger partial charge in [0.25, 0.3) is 5.91 Å². The molecule has 1 aromatic carbocycles. The fourth-order valence-corrected chi connectivity index (χ4v) is 3.26. The summed E-state index contributed by atoms with van der Waals surface area (Å²) in [5, 5.41) is 8.48. The Morgan fingerprint density at radius 2 is 2.00 bits per heavy atom. The third-order valence-electron chi connectivity index (χ3n) is 4.81. The minimum Gasteiger partial charge on any atom is -0.333 e. The largest absolute Gasteiger partial charge is 0.333 e. The fourth-order valence-electron chi connectivity index (χ4n) is 3.26. The molecule has 0 radical (unpaired) electrons. The van der Waals surface area contributed by atoms with E-state index < -0.39 is 0 Å². The monoisotopic (exact) mass is 385 g/mol. The standard InChI is InChI=1S/C20H24FN5O2/c1-14-18(15(2)26(24-14)17-9-7-16(21)8-10-17)12-22-23-19(27)13-25-11-5-3-4-6-20(25)28/h7-10,12H,3-6,11,13H2,1-2H3,(H,23,27)/b22-12-. The minimum atomic E-state index is -0.326. The highest BCUT2D eigenvalue weighted by Gasteiger charge is 2.19. The molecule has 1 aliphatic rings. The zero-order chi connectivity index (χ0) is 20.1. The molecule has 0 atom stereocenters. The summed E-state index contributed by atoms with van der Waals surface area (Å²) in [6, 6.07) is 6.05. The highest BCUT2D eigenvalue weighted by molar-refractivity contribution is 5.87. The van der Waals surface area contributed by atoms with Gasteiger partial charge < -0.3 is 4.90 Å². The number of nitrogens with one attached hydrogen (secondary N) is 1. The molecular weight excluding hydrogens is 361 g/mol. The van der Waals surface area contributed by atoms with Gasteiger partial charge in [-0.25, -0.2) is 14.5 Å². The summed E-state index contributed by atoms with van der Waals surface area (Å²) in [6.07, 6.45) is 4.85. The van der Waals surface area contributed by atoms with Crippen molar-refractivity contribution in [3.63, 3.8) is 0 Å². The Balaban J connectivity index is 1.65. The van der Waals surface area contributed by atoms with E-state index in [1.807, 2.05) is 13.8 Å². The van der Waals surface area contributed by atoms with Gasteiger partial charge in [0.1, 0.15) is 12.4 Å². The number of carbonyl (C=O) groups excluding carboxylic acids is 2. The van der Waals surface area contributed by atoms with E-state index in [2.05, 4.69) is 15.6 Å². The van der Waals surface area contributed by atoms with Crippen molar-refractivity contribution in [2.24, 2.45) is 5.10 Å². The number of aromatic nitrogens is 2. The van der Waals surface area contributed by atoms with Crippen molar-refractivity contribution in [2.45, 2.75) is 39.5 Å². The molecule has 7 nitrogen and oxygen atoms in total. The average Bonchev–Trinajstić information content (AvgIpc) is 2.81. The van der Waals surface area contributed by atoms with Crippen LogP contribution in [0.4, 0.5) is 4.39 Å². The molecule has 0 bridgehead atoms. The van der Waals surface area contributed by atoms with E-state index in [9.17, 15) is 14.0 Å². The molecule has 3 rings (SSSR count). The van der Waals surface area contributed by atoms with Gasteiger partial charge in [0, 0.05) is 18.5 Å². The first-order valence-corrected chi connectivity index (χ1v) is 9.37. The number of carbonyl (C=O) groups is 2. The molecule has 8 heteroatoms. The van der Waals surface area contributed by atoms with Crippen molar-refractivity contribution in [1.82, 2.24) is 20.1 Å². The summed E-state index contributed by atoms with van der Waals surface area (Å²) in [6.45, 7) is 4.34. The van der Waals surface area contributed by atoms with Crippen LogP contribution in [0.5, 0.6) is 0 Å². The van der Waals surface area contributed by atoms with Crippen LogP contribution in [-0.4, -0.2) is 45.8 Å². The third-order valence-corrected chi connectivity index (χ3v) is 4.81. The van der Waals surface area contributed by atoms with Gasteiger partial charge in [0.15, 0.2) is 0 Å². The van der Waals surface area contributed by atoms with E-state index >= 15 is 0 Å². The van der Waals surface area contributed by atoms with E-state index in [0.717, 1.165) is 41.9 Å². The SMILES string of the molecule is Cc1nn(-c2ccc(F)cc2)c(C)c1/C=N\NC(=O)CN1CCCCCC1=O.